The highest BCUT2D eigenvalue weighted by molar-refractivity contribution is 5.78. The number of amides is 1. The molecule has 0 N–H and O–H groups in total. The van der Waals surface area contributed by atoms with Gasteiger partial charge in [-0.2, -0.15) is 0 Å². The first kappa shape index (κ1) is 12.9. The molecule has 0 aromatic heterocycles. The minimum Gasteiger partial charge on any atom is -0.342 e. The Morgan fingerprint density at radius 1 is 0.941 bits per heavy atom. The zero-order chi connectivity index (χ0) is 12.3. The Bertz CT molecular complexity index is 251. The molecule has 3 nitrogen and oxygen atoms in total. The van der Waals surface area contributed by atoms with Crippen LogP contribution in [0.5, 0.6) is 0 Å². The molecule has 0 atom stereocenters. The van der Waals surface area contributed by atoms with Crippen molar-refractivity contribution in [3.05, 3.63) is 0 Å². The van der Waals surface area contributed by atoms with Crippen LogP contribution in [0.2, 0.25) is 0 Å². The summed E-state index contributed by atoms with van der Waals surface area (Å²) in [5, 5.41) is 0. The lowest BCUT2D eigenvalue weighted by molar-refractivity contribution is -0.134. The number of rotatable bonds is 2. The van der Waals surface area contributed by atoms with Gasteiger partial charge in [-0.1, -0.05) is 13.8 Å². The summed E-state index contributed by atoms with van der Waals surface area (Å²) in [4.78, 5) is 16.5. The molecule has 2 fully saturated rings. The van der Waals surface area contributed by atoms with Gasteiger partial charge in [0.15, 0.2) is 0 Å². The van der Waals surface area contributed by atoms with Crippen LogP contribution in [0.3, 0.4) is 0 Å². The molecule has 98 valence electrons. The average Bonchev–Trinajstić information content (AvgIpc) is 2.33. The minimum absolute atomic E-state index is 0.353. The highest BCUT2D eigenvalue weighted by atomic mass is 16.2. The maximum absolute atomic E-state index is 12.1. The van der Waals surface area contributed by atoms with Gasteiger partial charge in [-0.05, 0) is 50.6 Å². The molecule has 0 aliphatic carbocycles. The van der Waals surface area contributed by atoms with E-state index in [1.165, 1.54) is 25.7 Å². The predicted molar refractivity (Wildman–Crippen MR) is 69.8 cm³/mol. The van der Waals surface area contributed by atoms with Gasteiger partial charge in [0.1, 0.15) is 0 Å². The molecular formula is C14H26N2O. The summed E-state index contributed by atoms with van der Waals surface area (Å²) in [6.07, 6.45) is 4.88. The Labute approximate surface area is 105 Å². The molecule has 17 heavy (non-hydrogen) atoms. The second-order valence-electron chi connectivity index (χ2n) is 6.02. The number of nitrogens with zero attached hydrogens (tertiary/aromatic N) is 2. The smallest absolute Gasteiger partial charge is 0.236 e. The molecule has 0 bridgehead atoms. The van der Waals surface area contributed by atoms with Crippen molar-refractivity contribution in [1.29, 1.82) is 0 Å². The van der Waals surface area contributed by atoms with Crippen molar-refractivity contribution in [3.63, 3.8) is 0 Å². The summed E-state index contributed by atoms with van der Waals surface area (Å²) in [5.41, 5.74) is 0. The molecule has 2 rings (SSSR count). The van der Waals surface area contributed by atoms with Crippen LogP contribution in [0.4, 0.5) is 0 Å². The van der Waals surface area contributed by atoms with Crippen LogP contribution in [0.1, 0.15) is 39.5 Å². The summed E-state index contributed by atoms with van der Waals surface area (Å²) in [6.45, 7) is 9.42. The number of hydrogen-bond donors (Lipinski definition) is 0. The van der Waals surface area contributed by atoms with Gasteiger partial charge in [0, 0.05) is 13.1 Å². The van der Waals surface area contributed by atoms with E-state index in [9.17, 15) is 4.79 Å². The Kier molecular flexibility index (Phi) is 4.43. The Hall–Kier alpha value is -0.570. The van der Waals surface area contributed by atoms with E-state index in [1.807, 2.05) is 0 Å². The summed E-state index contributed by atoms with van der Waals surface area (Å²) in [5.74, 6) is 2.00. The highest BCUT2D eigenvalue weighted by Gasteiger charge is 2.23. The number of carbonyl (C=O) groups is 1. The van der Waals surface area contributed by atoms with E-state index in [-0.39, 0.29) is 0 Å². The summed E-state index contributed by atoms with van der Waals surface area (Å²) in [7, 11) is 0. The van der Waals surface area contributed by atoms with Gasteiger partial charge in [-0.15, -0.1) is 0 Å². The fourth-order valence-electron chi connectivity index (χ4n) is 2.77. The molecule has 0 spiro atoms. The third-order valence-electron chi connectivity index (χ3n) is 4.37. The maximum atomic E-state index is 12.1. The van der Waals surface area contributed by atoms with E-state index in [0.717, 1.165) is 38.0 Å². The fraction of sp³-hybridized carbons (Fsp3) is 0.929. The predicted octanol–water partition coefficient (Wildman–Crippen LogP) is 1.98. The molecule has 2 aliphatic heterocycles. The zero-order valence-electron chi connectivity index (χ0n) is 11.3. The summed E-state index contributed by atoms with van der Waals surface area (Å²) < 4.78 is 0. The van der Waals surface area contributed by atoms with Crippen LogP contribution in [0, 0.1) is 11.8 Å². The third-order valence-corrected chi connectivity index (χ3v) is 4.37. The second kappa shape index (κ2) is 5.85. The topological polar surface area (TPSA) is 23.6 Å². The fourth-order valence-corrected chi connectivity index (χ4v) is 2.77. The molecule has 2 aliphatic rings. The van der Waals surface area contributed by atoms with E-state index in [4.69, 9.17) is 0 Å². The first-order valence-electron chi connectivity index (χ1n) is 7.15. The van der Waals surface area contributed by atoms with Crippen LogP contribution >= 0.6 is 0 Å². The molecule has 0 aromatic carbocycles. The van der Waals surface area contributed by atoms with Gasteiger partial charge in [-0.3, -0.25) is 9.69 Å². The molecule has 0 unspecified atom stereocenters. The monoisotopic (exact) mass is 238 g/mol. The van der Waals surface area contributed by atoms with Crippen LogP contribution < -0.4 is 0 Å². The lowest BCUT2D eigenvalue weighted by Crippen LogP contribution is -2.45. The first-order chi connectivity index (χ1) is 8.15. The van der Waals surface area contributed by atoms with Crippen molar-refractivity contribution >= 4 is 5.91 Å². The lowest BCUT2D eigenvalue weighted by atomic mass is 9.98. The first-order valence-corrected chi connectivity index (χ1v) is 7.15. The molecule has 2 saturated heterocycles. The van der Waals surface area contributed by atoms with Gasteiger partial charge in [0.2, 0.25) is 5.91 Å². The molecule has 0 saturated carbocycles. The normalized spacial score (nSPS) is 25.2. The number of hydrogen-bond acceptors (Lipinski definition) is 2. The summed E-state index contributed by atoms with van der Waals surface area (Å²) in [6, 6.07) is 0. The zero-order valence-corrected chi connectivity index (χ0v) is 11.3. The average molecular weight is 238 g/mol. The van der Waals surface area contributed by atoms with Gasteiger partial charge < -0.3 is 4.90 Å². The van der Waals surface area contributed by atoms with Gasteiger partial charge >= 0.3 is 0 Å². The van der Waals surface area contributed by atoms with Gasteiger partial charge in [0.25, 0.3) is 0 Å². The van der Waals surface area contributed by atoms with E-state index in [2.05, 4.69) is 23.6 Å². The van der Waals surface area contributed by atoms with Crippen LogP contribution in [-0.4, -0.2) is 48.4 Å². The van der Waals surface area contributed by atoms with Crippen molar-refractivity contribution < 1.29 is 4.79 Å². The molecule has 0 radical (unpaired) electrons. The van der Waals surface area contributed by atoms with Crippen LogP contribution in [0.15, 0.2) is 0 Å². The van der Waals surface area contributed by atoms with Crippen molar-refractivity contribution in [2.24, 2.45) is 11.8 Å². The second-order valence-corrected chi connectivity index (χ2v) is 6.02. The van der Waals surface area contributed by atoms with Crippen LogP contribution in [-0.2, 0) is 4.79 Å². The van der Waals surface area contributed by atoms with Crippen molar-refractivity contribution in [3.8, 4) is 0 Å². The Morgan fingerprint density at radius 2 is 1.41 bits per heavy atom. The van der Waals surface area contributed by atoms with E-state index in [1.54, 1.807) is 0 Å². The molecule has 0 aromatic rings. The van der Waals surface area contributed by atoms with Crippen molar-refractivity contribution in [1.82, 2.24) is 9.80 Å². The lowest BCUT2D eigenvalue weighted by Gasteiger charge is -2.34. The molecule has 2 heterocycles. The van der Waals surface area contributed by atoms with E-state index >= 15 is 0 Å². The summed E-state index contributed by atoms with van der Waals surface area (Å²) >= 11 is 0. The number of piperidine rings is 2. The van der Waals surface area contributed by atoms with E-state index in [0.29, 0.717) is 12.5 Å². The molecule has 1 amide bonds. The SMILES string of the molecule is CC1CCN(CC(=O)N2CCC(C)CC2)CC1. The largest absolute Gasteiger partial charge is 0.342 e. The van der Waals surface area contributed by atoms with Crippen LogP contribution in [0.25, 0.3) is 0 Å². The van der Waals surface area contributed by atoms with Gasteiger partial charge in [-0.25, -0.2) is 0 Å². The molecule has 3 heteroatoms. The van der Waals surface area contributed by atoms with Crippen molar-refractivity contribution in [2.75, 3.05) is 32.7 Å². The minimum atomic E-state index is 0.353. The van der Waals surface area contributed by atoms with E-state index < -0.39 is 0 Å². The Morgan fingerprint density at radius 3 is 1.94 bits per heavy atom. The maximum Gasteiger partial charge on any atom is 0.236 e. The number of likely N-dealkylation sites (tertiary alicyclic amines) is 2. The standard InChI is InChI=1S/C14H26N2O/c1-12-3-7-15(8-4-12)11-14(17)16-9-5-13(2)6-10-16/h12-13H,3-11H2,1-2H3. The van der Waals surface area contributed by atoms with Crippen molar-refractivity contribution in [2.45, 2.75) is 39.5 Å². The Balaban J connectivity index is 1.73. The highest BCUT2D eigenvalue weighted by Crippen LogP contribution is 2.18. The molecular weight excluding hydrogens is 212 g/mol. The third kappa shape index (κ3) is 3.70. The number of carbonyl (C=O) groups excluding carboxylic acids is 1. The van der Waals surface area contributed by atoms with Gasteiger partial charge in [0.05, 0.1) is 6.54 Å². The quantitative estimate of drug-likeness (QED) is 0.734.